The molecule has 1 N–H and O–H groups in total. The molecule has 0 atom stereocenters. The number of halogens is 3. The van der Waals surface area contributed by atoms with Crippen molar-refractivity contribution in [2.45, 2.75) is 17.8 Å². The topological polar surface area (TPSA) is 67.9 Å². The second-order valence-corrected chi connectivity index (χ2v) is 7.89. The first-order chi connectivity index (χ1) is 13.2. The SMILES string of the molecule is O=S(=O)(Nc1ccc(CN2CCOCC2)cc1)c1ccc(OC(F)(F)F)cc1. The maximum Gasteiger partial charge on any atom is 0.573 e. The highest BCUT2D eigenvalue weighted by molar-refractivity contribution is 7.92. The summed E-state index contributed by atoms with van der Waals surface area (Å²) >= 11 is 0. The van der Waals surface area contributed by atoms with Crippen molar-refractivity contribution in [3.63, 3.8) is 0 Å². The number of hydrogen-bond acceptors (Lipinski definition) is 5. The molecule has 0 unspecified atom stereocenters. The molecule has 1 heterocycles. The van der Waals surface area contributed by atoms with E-state index < -0.39 is 22.1 Å². The molecule has 0 spiro atoms. The van der Waals surface area contributed by atoms with Gasteiger partial charge in [-0.2, -0.15) is 0 Å². The van der Waals surface area contributed by atoms with Gasteiger partial charge in [-0.25, -0.2) is 8.42 Å². The Bertz CT molecular complexity index is 879. The van der Waals surface area contributed by atoms with Crippen molar-refractivity contribution in [3.05, 3.63) is 54.1 Å². The Morgan fingerprint density at radius 3 is 2.18 bits per heavy atom. The largest absolute Gasteiger partial charge is 0.573 e. The van der Waals surface area contributed by atoms with Crippen molar-refractivity contribution >= 4 is 15.7 Å². The minimum Gasteiger partial charge on any atom is -0.406 e. The van der Waals surface area contributed by atoms with Gasteiger partial charge in [-0.1, -0.05) is 12.1 Å². The lowest BCUT2D eigenvalue weighted by Crippen LogP contribution is -2.35. The minimum atomic E-state index is -4.83. The quantitative estimate of drug-likeness (QED) is 0.783. The van der Waals surface area contributed by atoms with Crippen molar-refractivity contribution in [3.8, 4) is 5.75 Å². The Labute approximate surface area is 160 Å². The van der Waals surface area contributed by atoms with Crippen molar-refractivity contribution in [1.29, 1.82) is 0 Å². The summed E-state index contributed by atoms with van der Waals surface area (Å²) in [7, 11) is -3.93. The molecule has 0 bridgehead atoms. The van der Waals surface area contributed by atoms with Gasteiger partial charge < -0.3 is 9.47 Å². The number of anilines is 1. The van der Waals surface area contributed by atoms with Gasteiger partial charge in [0.15, 0.2) is 0 Å². The zero-order valence-corrected chi connectivity index (χ0v) is 15.6. The highest BCUT2D eigenvalue weighted by atomic mass is 32.2. The summed E-state index contributed by atoms with van der Waals surface area (Å²) in [6, 6.07) is 11.0. The van der Waals surface area contributed by atoms with E-state index in [1.807, 2.05) is 12.1 Å². The number of nitrogens with zero attached hydrogens (tertiary/aromatic N) is 1. The molecule has 1 fully saturated rings. The van der Waals surface area contributed by atoms with Crippen LogP contribution in [0.2, 0.25) is 0 Å². The first-order valence-electron chi connectivity index (χ1n) is 8.49. The third kappa shape index (κ3) is 5.85. The maximum atomic E-state index is 12.4. The van der Waals surface area contributed by atoms with E-state index in [4.69, 9.17) is 4.74 Å². The Morgan fingerprint density at radius 1 is 1.00 bits per heavy atom. The second kappa shape index (κ2) is 8.38. The van der Waals surface area contributed by atoms with Crippen LogP contribution in [-0.4, -0.2) is 46.0 Å². The van der Waals surface area contributed by atoms with E-state index in [2.05, 4.69) is 14.4 Å². The maximum absolute atomic E-state index is 12.4. The average molecular weight is 416 g/mol. The number of morpholine rings is 1. The summed E-state index contributed by atoms with van der Waals surface area (Å²) in [5.41, 5.74) is 1.40. The summed E-state index contributed by atoms with van der Waals surface area (Å²) in [6.07, 6.45) is -4.83. The molecule has 0 radical (unpaired) electrons. The van der Waals surface area contributed by atoms with Gasteiger partial charge in [0.1, 0.15) is 5.75 Å². The lowest BCUT2D eigenvalue weighted by atomic mass is 10.2. The number of ether oxygens (including phenoxy) is 2. The second-order valence-electron chi connectivity index (χ2n) is 6.21. The highest BCUT2D eigenvalue weighted by Gasteiger charge is 2.31. The predicted octanol–water partition coefficient (Wildman–Crippen LogP) is 3.22. The third-order valence-corrected chi connectivity index (χ3v) is 5.48. The Hall–Kier alpha value is -2.30. The molecule has 1 aliphatic rings. The monoisotopic (exact) mass is 416 g/mol. The zero-order valence-electron chi connectivity index (χ0n) is 14.8. The van der Waals surface area contributed by atoms with Crippen LogP contribution >= 0.6 is 0 Å². The fourth-order valence-electron chi connectivity index (χ4n) is 2.73. The molecule has 0 aliphatic carbocycles. The van der Waals surface area contributed by atoms with Crippen LogP contribution in [0, 0.1) is 0 Å². The molecular weight excluding hydrogens is 397 g/mol. The first kappa shape index (κ1) is 20.4. The van der Waals surface area contributed by atoms with E-state index in [0.29, 0.717) is 18.9 Å². The zero-order chi connectivity index (χ0) is 20.2. The van der Waals surface area contributed by atoms with Crippen LogP contribution in [-0.2, 0) is 21.3 Å². The van der Waals surface area contributed by atoms with Crippen LogP contribution in [0.25, 0.3) is 0 Å². The van der Waals surface area contributed by atoms with Crippen molar-refractivity contribution < 1.29 is 31.1 Å². The van der Waals surface area contributed by atoms with E-state index in [9.17, 15) is 21.6 Å². The normalized spacial score (nSPS) is 16.0. The van der Waals surface area contributed by atoms with E-state index in [1.165, 1.54) is 0 Å². The van der Waals surface area contributed by atoms with E-state index in [-0.39, 0.29) is 4.90 Å². The van der Waals surface area contributed by atoms with Crippen molar-refractivity contribution in [2.24, 2.45) is 0 Å². The van der Waals surface area contributed by atoms with E-state index >= 15 is 0 Å². The standard InChI is InChI=1S/C18H19F3N2O4S/c19-18(20,21)27-16-5-7-17(8-6-16)28(24,25)22-15-3-1-14(2-4-15)13-23-9-11-26-12-10-23/h1-8,22H,9-13H2. The summed E-state index contributed by atoms with van der Waals surface area (Å²) < 4.78 is 72.8. The van der Waals surface area contributed by atoms with Crippen LogP contribution < -0.4 is 9.46 Å². The fraction of sp³-hybridized carbons (Fsp3) is 0.333. The third-order valence-electron chi connectivity index (χ3n) is 4.08. The summed E-state index contributed by atoms with van der Waals surface area (Å²) in [4.78, 5) is 2.08. The summed E-state index contributed by atoms with van der Waals surface area (Å²) in [5.74, 6) is -0.487. The lowest BCUT2D eigenvalue weighted by molar-refractivity contribution is -0.274. The molecule has 0 aromatic heterocycles. The van der Waals surface area contributed by atoms with E-state index in [1.54, 1.807) is 12.1 Å². The van der Waals surface area contributed by atoms with Crippen LogP contribution in [0.5, 0.6) is 5.75 Å². The molecule has 6 nitrogen and oxygen atoms in total. The van der Waals surface area contributed by atoms with Crippen LogP contribution in [0.1, 0.15) is 5.56 Å². The van der Waals surface area contributed by atoms with Gasteiger partial charge in [0.2, 0.25) is 0 Å². The molecule has 152 valence electrons. The van der Waals surface area contributed by atoms with Crippen molar-refractivity contribution in [2.75, 3.05) is 31.0 Å². The highest BCUT2D eigenvalue weighted by Crippen LogP contribution is 2.25. The number of alkyl halides is 3. The molecular formula is C18H19F3N2O4S. The minimum absolute atomic E-state index is 0.167. The molecule has 2 aromatic carbocycles. The molecule has 0 amide bonds. The molecule has 1 saturated heterocycles. The average Bonchev–Trinajstić information content (AvgIpc) is 2.63. The molecule has 3 rings (SSSR count). The first-order valence-corrected chi connectivity index (χ1v) is 9.97. The molecule has 2 aromatic rings. The van der Waals surface area contributed by atoms with E-state index in [0.717, 1.165) is 49.5 Å². The Morgan fingerprint density at radius 2 is 1.61 bits per heavy atom. The molecule has 1 aliphatic heterocycles. The van der Waals surface area contributed by atoms with Gasteiger partial charge in [0, 0.05) is 25.3 Å². The lowest BCUT2D eigenvalue weighted by Gasteiger charge is -2.26. The smallest absolute Gasteiger partial charge is 0.406 e. The summed E-state index contributed by atoms with van der Waals surface area (Å²) in [5, 5.41) is 0. The van der Waals surface area contributed by atoms with Gasteiger partial charge in [-0.05, 0) is 42.0 Å². The number of sulfonamides is 1. The molecule has 0 saturated carbocycles. The van der Waals surface area contributed by atoms with Gasteiger partial charge >= 0.3 is 6.36 Å². The van der Waals surface area contributed by atoms with Crippen LogP contribution in [0.15, 0.2) is 53.4 Å². The van der Waals surface area contributed by atoms with Gasteiger partial charge in [0.05, 0.1) is 18.1 Å². The number of nitrogens with one attached hydrogen (secondary N) is 1. The van der Waals surface area contributed by atoms with Gasteiger partial charge in [-0.15, -0.1) is 13.2 Å². The van der Waals surface area contributed by atoms with Crippen LogP contribution in [0.3, 0.4) is 0 Å². The summed E-state index contributed by atoms with van der Waals surface area (Å²) in [6.45, 7) is 3.84. The van der Waals surface area contributed by atoms with Gasteiger partial charge in [0.25, 0.3) is 10.0 Å². The Kier molecular flexibility index (Phi) is 6.11. The number of hydrogen-bond donors (Lipinski definition) is 1. The number of benzene rings is 2. The van der Waals surface area contributed by atoms with Crippen LogP contribution in [0.4, 0.5) is 18.9 Å². The molecule has 28 heavy (non-hydrogen) atoms. The predicted molar refractivity (Wildman–Crippen MR) is 96.5 cm³/mol. The molecule has 10 heteroatoms. The van der Waals surface area contributed by atoms with Crippen molar-refractivity contribution in [1.82, 2.24) is 4.90 Å². The fourth-order valence-corrected chi connectivity index (χ4v) is 3.79. The van der Waals surface area contributed by atoms with Gasteiger partial charge in [-0.3, -0.25) is 9.62 Å². The number of rotatable bonds is 6. The Balaban J connectivity index is 1.63.